The second-order valence-corrected chi connectivity index (χ2v) is 4.71. The van der Waals surface area contributed by atoms with Crippen LogP contribution in [-0.4, -0.2) is 10.0 Å². The second kappa shape index (κ2) is 4.95. The highest BCUT2D eigenvalue weighted by atomic mass is 31.1. The Bertz CT molecular complexity index is 130. The summed E-state index contributed by atoms with van der Waals surface area (Å²) in [5.74, 6) is 0. The van der Waals surface area contributed by atoms with Crippen LogP contribution in [0.15, 0.2) is 0 Å². The molecule has 68 valence electrons. The summed E-state index contributed by atoms with van der Waals surface area (Å²) >= 11 is 0. The molecule has 1 N–H and O–H groups in total. The Labute approximate surface area is 69.9 Å². The molecule has 0 aromatic heterocycles. The van der Waals surface area contributed by atoms with E-state index in [1.807, 2.05) is 13.8 Å². The summed E-state index contributed by atoms with van der Waals surface area (Å²) in [7, 11) is -2.35. The fourth-order valence-corrected chi connectivity index (χ4v) is 2.56. The van der Waals surface area contributed by atoms with E-state index in [1.165, 1.54) is 0 Å². The molecular weight excluding hydrogens is 159 g/mol. The average molecular weight is 178 g/mol. The van der Waals surface area contributed by atoms with Gasteiger partial charge in [-0.05, 0) is 19.3 Å². The van der Waals surface area contributed by atoms with Crippen molar-refractivity contribution in [3.63, 3.8) is 0 Å². The van der Waals surface area contributed by atoms with Gasteiger partial charge in [0.25, 0.3) is 0 Å². The van der Waals surface area contributed by atoms with Gasteiger partial charge in [0.15, 0.2) is 8.03 Å². The van der Waals surface area contributed by atoms with Crippen LogP contribution in [0.1, 0.15) is 46.5 Å². The van der Waals surface area contributed by atoms with E-state index >= 15 is 0 Å². The molecule has 0 aromatic rings. The van der Waals surface area contributed by atoms with Gasteiger partial charge in [0.05, 0.1) is 0 Å². The molecule has 0 aliphatic carbocycles. The topological polar surface area (TPSA) is 37.3 Å². The largest absolute Gasteiger partial charge is 0.346 e. The predicted molar refractivity (Wildman–Crippen MR) is 49.4 cm³/mol. The van der Waals surface area contributed by atoms with E-state index in [-0.39, 0.29) is 5.16 Å². The minimum Gasteiger partial charge on any atom is -0.346 e. The lowest BCUT2D eigenvalue weighted by atomic mass is 9.97. The van der Waals surface area contributed by atoms with Crippen LogP contribution >= 0.6 is 8.03 Å². The van der Waals surface area contributed by atoms with Crippen molar-refractivity contribution in [2.45, 2.75) is 51.6 Å². The lowest BCUT2D eigenvalue weighted by Crippen LogP contribution is -2.21. The van der Waals surface area contributed by atoms with Crippen molar-refractivity contribution in [3.8, 4) is 0 Å². The first-order valence-electron chi connectivity index (χ1n) is 4.36. The van der Waals surface area contributed by atoms with Gasteiger partial charge in [-0.25, -0.2) is 0 Å². The van der Waals surface area contributed by atoms with E-state index in [2.05, 4.69) is 6.92 Å². The Balaban J connectivity index is 4.32. The fraction of sp³-hybridized carbons (Fsp3) is 1.00. The van der Waals surface area contributed by atoms with E-state index in [4.69, 9.17) is 4.89 Å². The Morgan fingerprint density at radius 2 is 1.73 bits per heavy atom. The summed E-state index contributed by atoms with van der Waals surface area (Å²) in [4.78, 5) is 9.14. The quantitative estimate of drug-likeness (QED) is 0.657. The summed E-state index contributed by atoms with van der Waals surface area (Å²) in [6, 6.07) is 0. The number of hydrogen-bond donors (Lipinski definition) is 1. The van der Waals surface area contributed by atoms with Crippen molar-refractivity contribution in [1.82, 2.24) is 0 Å². The zero-order chi connectivity index (χ0) is 8.91. The Morgan fingerprint density at radius 3 is 1.82 bits per heavy atom. The molecule has 0 aromatic carbocycles. The molecule has 0 amide bonds. The maximum Gasteiger partial charge on any atom is 0.195 e. The third-order valence-electron chi connectivity index (χ3n) is 2.54. The van der Waals surface area contributed by atoms with E-state index in [1.54, 1.807) is 0 Å². The van der Waals surface area contributed by atoms with Gasteiger partial charge in [-0.3, -0.25) is 4.57 Å². The van der Waals surface area contributed by atoms with Gasteiger partial charge in [-0.1, -0.05) is 27.2 Å². The van der Waals surface area contributed by atoms with E-state index in [9.17, 15) is 4.57 Å². The molecule has 0 radical (unpaired) electrons. The molecule has 3 heteroatoms. The van der Waals surface area contributed by atoms with E-state index < -0.39 is 8.03 Å². The first-order valence-corrected chi connectivity index (χ1v) is 5.72. The molecule has 0 aliphatic heterocycles. The third-order valence-corrected chi connectivity index (χ3v) is 4.40. The molecule has 0 rings (SSSR count). The van der Waals surface area contributed by atoms with E-state index in [0.29, 0.717) is 0 Å². The van der Waals surface area contributed by atoms with Gasteiger partial charge in [-0.15, -0.1) is 0 Å². The first kappa shape index (κ1) is 11.2. The zero-order valence-corrected chi connectivity index (χ0v) is 8.68. The highest BCUT2D eigenvalue weighted by molar-refractivity contribution is 7.40. The molecule has 0 aliphatic rings. The van der Waals surface area contributed by atoms with Gasteiger partial charge < -0.3 is 4.89 Å². The molecule has 0 spiro atoms. The smallest absolute Gasteiger partial charge is 0.195 e. The van der Waals surface area contributed by atoms with Crippen molar-refractivity contribution in [2.24, 2.45) is 0 Å². The van der Waals surface area contributed by atoms with E-state index in [0.717, 1.165) is 25.7 Å². The molecular formula is C8H19O2P. The Morgan fingerprint density at radius 1 is 1.27 bits per heavy atom. The van der Waals surface area contributed by atoms with Crippen LogP contribution in [0.2, 0.25) is 0 Å². The predicted octanol–water partition coefficient (Wildman–Crippen LogP) is 2.81. The van der Waals surface area contributed by atoms with Crippen LogP contribution in [0.5, 0.6) is 0 Å². The van der Waals surface area contributed by atoms with Gasteiger partial charge in [-0.2, -0.15) is 0 Å². The third kappa shape index (κ3) is 2.61. The monoisotopic (exact) mass is 178 g/mol. The van der Waals surface area contributed by atoms with Gasteiger partial charge in [0.2, 0.25) is 0 Å². The molecule has 11 heavy (non-hydrogen) atoms. The number of rotatable bonds is 5. The average Bonchev–Trinajstić information content (AvgIpc) is 2.00. The summed E-state index contributed by atoms with van der Waals surface area (Å²) in [5.41, 5.74) is 0. The van der Waals surface area contributed by atoms with Crippen molar-refractivity contribution >= 4 is 8.03 Å². The molecule has 0 fully saturated rings. The first-order chi connectivity index (χ1) is 5.13. The van der Waals surface area contributed by atoms with Crippen molar-refractivity contribution in [1.29, 1.82) is 0 Å². The lowest BCUT2D eigenvalue weighted by Gasteiger charge is -2.27. The van der Waals surface area contributed by atoms with Crippen LogP contribution in [0.25, 0.3) is 0 Å². The van der Waals surface area contributed by atoms with Crippen LogP contribution in [0.3, 0.4) is 0 Å². The summed E-state index contributed by atoms with van der Waals surface area (Å²) in [6.45, 7) is 6.06. The molecule has 1 unspecified atom stereocenters. The highest BCUT2D eigenvalue weighted by Crippen LogP contribution is 2.44. The Kier molecular flexibility index (Phi) is 5.03. The molecule has 0 saturated carbocycles. The summed E-state index contributed by atoms with van der Waals surface area (Å²) < 4.78 is 11.1. The SMILES string of the molecule is CCCC(CC)(CC)[PH](=O)O. The van der Waals surface area contributed by atoms with Crippen LogP contribution in [0.4, 0.5) is 0 Å². The second-order valence-electron chi connectivity index (χ2n) is 3.04. The summed E-state index contributed by atoms with van der Waals surface area (Å²) in [6.07, 6.45) is 3.53. The highest BCUT2D eigenvalue weighted by Gasteiger charge is 2.30. The van der Waals surface area contributed by atoms with Crippen LogP contribution in [0, 0.1) is 0 Å². The van der Waals surface area contributed by atoms with Crippen molar-refractivity contribution in [3.05, 3.63) is 0 Å². The standard InChI is InChI=1S/C8H19O2P/c1-4-7-8(5-2,6-3)11(9)10/h11H,4-7H2,1-3H3,(H,9,10). The normalized spacial score (nSPS) is 14.9. The zero-order valence-electron chi connectivity index (χ0n) is 7.68. The van der Waals surface area contributed by atoms with Crippen molar-refractivity contribution < 1.29 is 9.46 Å². The minimum absolute atomic E-state index is 0.264. The molecule has 2 nitrogen and oxygen atoms in total. The van der Waals surface area contributed by atoms with Crippen LogP contribution < -0.4 is 0 Å². The molecule has 0 bridgehead atoms. The maximum atomic E-state index is 11.1. The van der Waals surface area contributed by atoms with Gasteiger partial charge in [0, 0.05) is 5.16 Å². The maximum absolute atomic E-state index is 11.1. The van der Waals surface area contributed by atoms with Crippen LogP contribution in [-0.2, 0) is 4.57 Å². The fourth-order valence-electron chi connectivity index (χ4n) is 1.49. The number of hydrogen-bond acceptors (Lipinski definition) is 1. The van der Waals surface area contributed by atoms with Crippen molar-refractivity contribution in [2.75, 3.05) is 0 Å². The Hall–Kier alpha value is 0.190. The van der Waals surface area contributed by atoms with Gasteiger partial charge >= 0.3 is 0 Å². The molecule has 0 saturated heterocycles. The minimum atomic E-state index is -2.35. The lowest BCUT2D eigenvalue weighted by molar-refractivity contribution is 0.404. The summed E-state index contributed by atoms with van der Waals surface area (Å²) in [5, 5.41) is -0.264. The molecule has 0 heterocycles. The molecule has 1 atom stereocenters. The van der Waals surface area contributed by atoms with Gasteiger partial charge in [0.1, 0.15) is 0 Å².